The van der Waals surface area contributed by atoms with Gasteiger partial charge >= 0.3 is 0 Å². The molecule has 1 heterocycles. The van der Waals surface area contributed by atoms with Crippen LogP contribution in [-0.4, -0.2) is 55.4 Å². The van der Waals surface area contributed by atoms with Crippen LogP contribution in [0.25, 0.3) is 0 Å². The quantitative estimate of drug-likeness (QED) is 0.339. The second kappa shape index (κ2) is 12.7. The van der Waals surface area contributed by atoms with Gasteiger partial charge in [0.05, 0.1) is 6.54 Å². The lowest BCUT2D eigenvalue weighted by Gasteiger charge is -2.34. The van der Waals surface area contributed by atoms with E-state index in [0.717, 1.165) is 37.1 Å². The van der Waals surface area contributed by atoms with Crippen molar-refractivity contribution in [1.82, 2.24) is 15.1 Å². The number of hydrogen-bond donors (Lipinski definition) is 1. The van der Waals surface area contributed by atoms with Crippen molar-refractivity contribution in [3.05, 3.63) is 71.3 Å². The third-order valence-corrected chi connectivity index (χ3v) is 5.63. The van der Waals surface area contributed by atoms with E-state index in [1.54, 1.807) is 19.0 Å². The maximum atomic E-state index is 12.0. The molecular weight excluding hydrogens is 499 g/mol. The van der Waals surface area contributed by atoms with Crippen molar-refractivity contribution in [3.63, 3.8) is 0 Å². The van der Waals surface area contributed by atoms with E-state index in [4.69, 9.17) is 4.99 Å². The molecule has 2 aromatic rings. The number of guanidine groups is 1. The number of nitrogens with zero attached hydrogens (tertiary/aromatic N) is 3. The third kappa shape index (κ3) is 7.52. The van der Waals surface area contributed by atoms with Crippen LogP contribution >= 0.6 is 24.0 Å². The van der Waals surface area contributed by atoms with Gasteiger partial charge in [-0.1, -0.05) is 42.5 Å². The molecule has 1 fully saturated rings. The van der Waals surface area contributed by atoms with Crippen LogP contribution < -0.4 is 5.32 Å². The molecule has 0 radical (unpaired) electrons. The molecule has 31 heavy (non-hydrogen) atoms. The lowest BCUT2D eigenvalue weighted by Crippen LogP contribution is -2.45. The highest BCUT2D eigenvalue weighted by atomic mass is 127. The molecule has 2 aromatic carbocycles. The lowest BCUT2D eigenvalue weighted by atomic mass is 9.90. The van der Waals surface area contributed by atoms with Crippen LogP contribution in [-0.2, 0) is 13.0 Å². The molecule has 3 rings (SSSR count). The Balaban J connectivity index is 0.00000341. The Morgan fingerprint density at radius 3 is 2.26 bits per heavy atom. The predicted octanol–water partition coefficient (Wildman–Crippen LogP) is 4.43. The van der Waals surface area contributed by atoms with Crippen LogP contribution in [0.2, 0.25) is 0 Å². The highest BCUT2D eigenvalue weighted by Gasteiger charge is 2.21. The number of carbonyl (C=O) groups excluding carboxylic acids is 1. The van der Waals surface area contributed by atoms with Crippen molar-refractivity contribution >= 4 is 35.8 Å². The fourth-order valence-corrected chi connectivity index (χ4v) is 3.90. The van der Waals surface area contributed by atoms with Gasteiger partial charge in [0.2, 0.25) is 0 Å². The monoisotopic (exact) mass is 534 g/mol. The number of nitrogens with one attached hydrogen (secondary N) is 1. The molecule has 1 aliphatic rings. The van der Waals surface area contributed by atoms with Gasteiger partial charge in [-0.15, -0.1) is 24.0 Å². The highest BCUT2D eigenvalue weighted by Crippen LogP contribution is 2.22. The molecule has 5 nitrogen and oxygen atoms in total. The van der Waals surface area contributed by atoms with Gasteiger partial charge in [0, 0.05) is 39.3 Å². The molecule has 1 aliphatic heterocycles. The van der Waals surface area contributed by atoms with Gasteiger partial charge in [0.15, 0.2) is 5.96 Å². The van der Waals surface area contributed by atoms with Crippen LogP contribution in [0.3, 0.4) is 0 Å². The molecule has 0 unspecified atom stereocenters. The zero-order valence-corrected chi connectivity index (χ0v) is 21.2. The van der Waals surface area contributed by atoms with Crippen molar-refractivity contribution in [2.75, 3.05) is 33.7 Å². The Hall–Kier alpha value is -2.09. The Morgan fingerprint density at radius 2 is 1.68 bits per heavy atom. The van der Waals surface area contributed by atoms with Crippen molar-refractivity contribution in [2.24, 2.45) is 10.9 Å². The molecule has 0 bridgehead atoms. The first-order valence-electron chi connectivity index (χ1n) is 10.9. The molecule has 0 atom stereocenters. The van der Waals surface area contributed by atoms with Gasteiger partial charge in [0.25, 0.3) is 5.91 Å². The predicted molar refractivity (Wildman–Crippen MR) is 139 cm³/mol. The standard InChI is InChI=1S/C25H34N4O.HI/c1-4-26-25(27-19-22-10-12-23(13-11-22)24(30)28(2)3)29-16-14-21(15-17-29)18-20-8-6-5-7-9-20;/h5-13,21H,4,14-19H2,1-3H3,(H,26,27);1H. The number of carbonyl (C=O) groups is 1. The van der Waals surface area contributed by atoms with E-state index < -0.39 is 0 Å². The Bertz CT molecular complexity index is 828. The smallest absolute Gasteiger partial charge is 0.253 e. The van der Waals surface area contributed by atoms with E-state index in [1.165, 1.54) is 24.8 Å². The second-order valence-corrected chi connectivity index (χ2v) is 8.19. The van der Waals surface area contributed by atoms with E-state index in [0.29, 0.717) is 12.1 Å². The SMILES string of the molecule is CCNC(=NCc1ccc(C(=O)N(C)C)cc1)N1CCC(Cc2ccccc2)CC1.I. The van der Waals surface area contributed by atoms with E-state index >= 15 is 0 Å². The lowest BCUT2D eigenvalue weighted by molar-refractivity contribution is 0.0827. The highest BCUT2D eigenvalue weighted by molar-refractivity contribution is 14.0. The summed E-state index contributed by atoms with van der Waals surface area (Å²) in [5.74, 6) is 1.76. The zero-order chi connectivity index (χ0) is 21.3. The van der Waals surface area contributed by atoms with Crippen molar-refractivity contribution < 1.29 is 4.79 Å². The van der Waals surface area contributed by atoms with E-state index in [1.807, 2.05) is 24.3 Å². The first-order valence-corrected chi connectivity index (χ1v) is 10.9. The second-order valence-electron chi connectivity index (χ2n) is 8.19. The summed E-state index contributed by atoms with van der Waals surface area (Å²) in [7, 11) is 3.54. The zero-order valence-electron chi connectivity index (χ0n) is 18.9. The Labute approximate surface area is 203 Å². The average molecular weight is 534 g/mol. The van der Waals surface area contributed by atoms with Crippen molar-refractivity contribution in [3.8, 4) is 0 Å². The Morgan fingerprint density at radius 1 is 1.03 bits per heavy atom. The number of aliphatic imine (C=N–C) groups is 1. The van der Waals surface area contributed by atoms with Gasteiger partial charge in [-0.25, -0.2) is 4.99 Å². The largest absolute Gasteiger partial charge is 0.357 e. The van der Waals surface area contributed by atoms with Crippen molar-refractivity contribution in [2.45, 2.75) is 32.7 Å². The summed E-state index contributed by atoms with van der Waals surface area (Å²) in [4.78, 5) is 20.9. The summed E-state index contributed by atoms with van der Waals surface area (Å²) in [5, 5.41) is 3.45. The van der Waals surface area contributed by atoms with Gasteiger partial charge in [-0.2, -0.15) is 0 Å². The number of likely N-dealkylation sites (tertiary alicyclic amines) is 1. The summed E-state index contributed by atoms with van der Waals surface area (Å²) < 4.78 is 0. The van der Waals surface area contributed by atoms with E-state index in [9.17, 15) is 4.79 Å². The number of amides is 1. The minimum Gasteiger partial charge on any atom is -0.357 e. The van der Waals surface area contributed by atoms with E-state index in [2.05, 4.69) is 47.5 Å². The summed E-state index contributed by atoms with van der Waals surface area (Å²) in [5.41, 5.74) is 3.26. The number of benzene rings is 2. The number of rotatable bonds is 6. The van der Waals surface area contributed by atoms with Crippen LogP contribution in [0.4, 0.5) is 0 Å². The number of halogens is 1. The topological polar surface area (TPSA) is 47.9 Å². The molecule has 0 aliphatic carbocycles. The number of hydrogen-bond acceptors (Lipinski definition) is 2. The van der Waals surface area contributed by atoms with Gasteiger partial charge < -0.3 is 15.1 Å². The molecule has 168 valence electrons. The fraction of sp³-hybridized carbons (Fsp3) is 0.440. The van der Waals surface area contributed by atoms with Gasteiger partial charge in [-0.3, -0.25) is 4.79 Å². The minimum atomic E-state index is 0. The van der Waals surface area contributed by atoms with Gasteiger partial charge in [0.1, 0.15) is 0 Å². The molecule has 0 spiro atoms. The molecule has 6 heteroatoms. The number of piperidine rings is 1. The molecule has 1 saturated heterocycles. The van der Waals surface area contributed by atoms with Crippen LogP contribution in [0.5, 0.6) is 0 Å². The minimum absolute atomic E-state index is 0. The summed E-state index contributed by atoms with van der Waals surface area (Å²) in [6.07, 6.45) is 3.56. The molecule has 1 amide bonds. The average Bonchev–Trinajstić information content (AvgIpc) is 2.78. The third-order valence-electron chi connectivity index (χ3n) is 5.63. The summed E-state index contributed by atoms with van der Waals surface area (Å²) >= 11 is 0. The van der Waals surface area contributed by atoms with Crippen LogP contribution in [0.15, 0.2) is 59.6 Å². The first-order chi connectivity index (χ1) is 14.6. The molecule has 0 aromatic heterocycles. The maximum absolute atomic E-state index is 12.0. The molecule has 1 N–H and O–H groups in total. The normalized spacial score (nSPS) is 14.7. The van der Waals surface area contributed by atoms with Crippen molar-refractivity contribution in [1.29, 1.82) is 0 Å². The summed E-state index contributed by atoms with van der Waals surface area (Å²) in [6.45, 7) is 5.67. The first kappa shape index (κ1) is 25.2. The maximum Gasteiger partial charge on any atom is 0.253 e. The van der Waals surface area contributed by atoms with Crippen LogP contribution in [0, 0.1) is 5.92 Å². The van der Waals surface area contributed by atoms with Gasteiger partial charge in [-0.05, 0) is 55.4 Å². The van der Waals surface area contributed by atoms with Crippen LogP contribution in [0.1, 0.15) is 41.3 Å². The van der Waals surface area contributed by atoms with E-state index in [-0.39, 0.29) is 29.9 Å². The molecular formula is C25H35IN4O. The molecule has 0 saturated carbocycles. The Kier molecular flexibility index (Phi) is 10.3. The summed E-state index contributed by atoms with van der Waals surface area (Å²) in [6, 6.07) is 18.6. The fourth-order valence-electron chi connectivity index (χ4n) is 3.90.